The van der Waals surface area contributed by atoms with Gasteiger partial charge in [0.25, 0.3) is 0 Å². The Balaban J connectivity index is 1.95. The first-order chi connectivity index (χ1) is 9.16. The Morgan fingerprint density at radius 1 is 1.16 bits per heavy atom. The monoisotopic (exact) mass is 261 g/mol. The van der Waals surface area contributed by atoms with Gasteiger partial charge in [-0.1, -0.05) is 0 Å². The van der Waals surface area contributed by atoms with Crippen molar-refractivity contribution in [2.24, 2.45) is 0 Å². The van der Waals surface area contributed by atoms with E-state index in [4.69, 9.17) is 0 Å². The smallest absolute Gasteiger partial charge is 0.321 e. The fraction of sp³-hybridized carbons (Fsp3) is 0.429. The van der Waals surface area contributed by atoms with E-state index in [1.54, 1.807) is 29.2 Å². The molecular formula is C14H19N3O2. The van der Waals surface area contributed by atoms with Gasteiger partial charge in [-0.15, -0.1) is 0 Å². The van der Waals surface area contributed by atoms with Gasteiger partial charge in [-0.05, 0) is 44.2 Å². The first-order valence-electron chi connectivity index (χ1n) is 6.54. The van der Waals surface area contributed by atoms with Gasteiger partial charge in [0.1, 0.15) is 0 Å². The van der Waals surface area contributed by atoms with E-state index in [-0.39, 0.29) is 11.8 Å². The molecule has 2 N–H and O–H groups in total. The molecule has 0 saturated carbocycles. The molecule has 0 atom stereocenters. The summed E-state index contributed by atoms with van der Waals surface area (Å²) < 4.78 is 0. The highest BCUT2D eigenvalue weighted by Gasteiger charge is 2.15. The van der Waals surface area contributed by atoms with Crippen LogP contribution in [0.1, 0.15) is 23.7 Å². The largest absolute Gasteiger partial charge is 0.323 e. The molecule has 1 heterocycles. The van der Waals surface area contributed by atoms with Crippen molar-refractivity contribution in [3.05, 3.63) is 29.8 Å². The average molecular weight is 261 g/mol. The first kappa shape index (κ1) is 13.5. The van der Waals surface area contributed by atoms with Crippen LogP contribution < -0.4 is 10.6 Å². The van der Waals surface area contributed by atoms with Crippen LogP contribution in [0.2, 0.25) is 0 Å². The number of nitrogens with zero attached hydrogens (tertiary/aromatic N) is 1. The minimum atomic E-state index is -0.0840. The van der Waals surface area contributed by atoms with E-state index in [9.17, 15) is 9.59 Å². The van der Waals surface area contributed by atoms with Gasteiger partial charge in [-0.2, -0.15) is 0 Å². The zero-order chi connectivity index (χ0) is 13.7. The second kappa shape index (κ2) is 6.33. The van der Waals surface area contributed by atoms with Gasteiger partial charge in [0.05, 0.1) is 0 Å². The van der Waals surface area contributed by atoms with Crippen molar-refractivity contribution in [3.63, 3.8) is 0 Å². The fourth-order valence-electron chi connectivity index (χ4n) is 2.04. The highest BCUT2D eigenvalue weighted by molar-refractivity contribution is 5.95. The van der Waals surface area contributed by atoms with Crippen molar-refractivity contribution in [2.45, 2.75) is 13.3 Å². The number of ketones is 1. The lowest BCUT2D eigenvalue weighted by atomic mass is 10.1. The Morgan fingerprint density at radius 3 is 2.58 bits per heavy atom. The molecule has 0 unspecified atom stereocenters. The van der Waals surface area contributed by atoms with E-state index in [2.05, 4.69) is 10.6 Å². The molecule has 1 aromatic carbocycles. The summed E-state index contributed by atoms with van der Waals surface area (Å²) in [5, 5.41) is 6.11. The van der Waals surface area contributed by atoms with Gasteiger partial charge >= 0.3 is 6.03 Å². The Kier molecular flexibility index (Phi) is 4.52. The molecule has 0 radical (unpaired) electrons. The molecule has 0 aliphatic carbocycles. The maximum atomic E-state index is 12.1. The zero-order valence-electron chi connectivity index (χ0n) is 11.1. The summed E-state index contributed by atoms with van der Waals surface area (Å²) in [6.45, 7) is 4.80. The van der Waals surface area contributed by atoms with Crippen LogP contribution >= 0.6 is 0 Å². The van der Waals surface area contributed by atoms with Crippen molar-refractivity contribution < 1.29 is 9.59 Å². The number of Topliss-reactive ketones (excluding diaryl/α,β-unsaturated/α-hetero) is 1. The number of carbonyl (C=O) groups excluding carboxylic acids is 2. The molecule has 5 nitrogen and oxygen atoms in total. The summed E-state index contributed by atoms with van der Waals surface area (Å²) in [5.41, 5.74) is 1.36. The number of rotatable bonds is 2. The van der Waals surface area contributed by atoms with E-state index in [1.807, 2.05) is 0 Å². The third-order valence-electron chi connectivity index (χ3n) is 3.17. The predicted octanol–water partition coefficient (Wildman–Crippen LogP) is 1.72. The van der Waals surface area contributed by atoms with Crippen molar-refractivity contribution in [1.29, 1.82) is 0 Å². The summed E-state index contributed by atoms with van der Waals surface area (Å²) >= 11 is 0. The number of anilines is 1. The van der Waals surface area contributed by atoms with Gasteiger partial charge in [-0.3, -0.25) is 4.79 Å². The minimum Gasteiger partial charge on any atom is -0.323 e. The SMILES string of the molecule is CC(=O)c1ccc(NC(=O)N2CCCNCC2)cc1. The van der Waals surface area contributed by atoms with Gasteiger partial charge in [0, 0.05) is 30.9 Å². The van der Waals surface area contributed by atoms with E-state index in [0.717, 1.165) is 32.6 Å². The van der Waals surface area contributed by atoms with E-state index in [0.29, 0.717) is 11.3 Å². The lowest BCUT2D eigenvalue weighted by Crippen LogP contribution is -2.37. The van der Waals surface area contributed by atoms with Crippen molar-refractivity contribution in [2.75, 3.05) is 31.5 Å². The maximum absolute atomic E-state index is 12.1. The Hall–Kier alpha value is -1.88. The Labute approximate surface area is 113 Å². The second-order valence-electron chi connectivity index (χ2n) is 4.65. The van der Waals surface area contributed by atoms with Crippen LogP contribution in [-0.4, -0.2) is 42.9 Å². The van der Waals surface area contributed by atoms with Crippen LogP contribution in [0.15, 0.2) is 24.3 Å². The maximum Gasteiger partial charge on any atom is 0.321 e. The number of amides is 2. The average Bonchev–Trinajstić information content (AvgIpc) is 2.68. The molecule has 0 bridgehead atoms. The summed E-state index contributed by atoms with van der Waals surface area (Å²) in [6.07, 6.45) is 0.969. The molecule has 1 aromatic rings. The van der Waals surface area contributed by atoms with Crippen molar-refractivity contribution in [3.8, 4) is 0 Å². The lowest BCUT2D eigenvalue weighted by molar-refractivity contribution is 0.101. The molecule has 102 valence electrons. The van der Waals surface area contributed by atoms with Crippen molar-refractivity contribution >= 4 is 17.5 Å². The van der Waals surface area contributed by atoms with Crippen molar-refractivity contribution in [1.82, 2.24) is 10.2 Å². The summed E-state index contributed by atoms with van der Waals surface area (Å²) in [5.74, 6) is 0.0245. The van der Waals surface area contributed by atoms with Crippen LogP contribution in [0.4, 0.5) is 10.5 Å². The second-order valence-corrected chi connectivity index (χ2v) is 4.65. The Bertz CT molecular complexity index is 448. The zero-order valence-corrected chi connectivity index (χ0v) is 11.1. The molecule has 1 saturated heterocycles. The molecule has 1 aliphatic rings. The quantitative estimate of drug-likeness (QED) is 0.797. The van der Waals surface area contributed by atoms with Crippen LogP contribution in [0.5, 0.6) is 0 Å². The number of urea groups is 1. The molecule has 2 amide bonds. The number of hydrogen-bond donors (Lipinski definition) is 2. The number of nitrogens with one attached hydrogen (secondary N) is 2. The molecule has 2 rings (SSSR count). The summed E-state index contributed by atoms with van der Waals surface area (Å²) in [4.78, 5) is 25.0. The topological polar surface area (TPSA) is 61.4 Å². The standard InChI is InChI=1S/C14H19N3O2/c1-11(18)12-3-5-13(6-4-12)16-14(19)17-9-2-7-15-8-10-17/h3-6,15H,2,7-10H2,1H3,(H,16,19). The van der Waals surface area contributed by atoms with Crippen LogP contribution in [0.25, 0.3) is 0 Å². The normalized spacial score (nSPS) is 15.7. The molecule has 0 aromatic heterocycles. The molecule has 1 aliphatic heterocycles. The van der Waals surface area contributed by atoms with Crippen LogP contribution in [0.3, 0.4) is 0 Å². The van der Waals surface area contributed by atoms with Crippen LogP contribution in [-0.2, 0) is 0 Å². The third-order valence-corrected chi connectivity index (χ3v) is 3.17. The van der Waals surface area contributed by atoms with Gasteiger partial charge in [-0.25, -0.2) is 4.79 Å². The highest BCUT2D eigenvalue weighted by atomic mass is 16.2. The third kappa shape index (κ3) is 3.79. The predicted molar refractivity (Wildman–Crippen MR) is 74.5 cm³/mol. The lowest BCUT2D eigenvalue weighted by Gasteiger charge is -2.20. The number of benzene rings is 1. The van der Waals surface area contributed by atoms with Gasteiger partial charge in [0.2, 0.25) is 0 Å². The van der Waals surface area contributed by atoms with E-state index in [1.165, 1.54) is 6.92 Å². The van der Waals surface area contributed by atoms with E-state index >= 15 is 0 Å². The van der Waals surface area contributed by atoms with Gasteiger partial charge in [0.15, 0.2) is 5.78 Å². The minimum absolute atomic E-state index is 0.0245. The number of carbonyl (C=O) groups is 2. The molecule has 5 heteroatoms. The van der Waals surface area contributed by atoms with Gasteiger partial charge < -0.3 is 15.5 Å². The fourth-order valence-corrected chi connectivity index (χ4v) is 2.04. The molecule has 0 spiro atoms. The molecule has 19 heavy (non-hydrogen) atoms. The molecule has 1 fully saturated rings. The highest BCUT2D eigenvalue weighted by Crippen LogP contribution is 2.11. The number of hydrogen-bond acceptors (Lipinski definition) is 3. The summed E-state index contributed by atoms with van der Waals surface area (Å²) in [7, 11) is 0. The molecular weight excluding hydrogens is 242 g/mol. The Morgan fingerprint density at radius 2 is 1.89 bits per heavy atom. The first-order valence-corrected chi connectivity index (χ1v) is 6.54. The van der Waals surface area contributed by atoms with Crippen LogP contribution in [0, 0.1) is 0 Å². The van der Waals surface area contributed by atoms with E-state index < -0.39 is 0 Å². The summed E-state index contributed by atoms with van der Waals surface area (Å²) in [6, 6.07) is 6.87.